The molecule has 1 aliphatic heterocycles. The van der Waals surface area contributed by atoms with E-state index in [2.05, 4.69) is 27.9 Å². The number of aliphatic imine (C=N–C) groups is 1. The fraction of sp³-hybridized carbons (Fsp3) is 0.625. The molecule has 0 spiro atoms. The second-order valence-corrected chi connectivity index (χ2v) is 8.80. The van der Waals surface area contributed by atoms with E-state index in [1.807, 2.05) is 36.1 Å². The van der Waals surface area contributed by atoms with Gasteiger partial charge in [-0.05, 0) is 50.3 Å². The summed E-state index contributed by atoms with van der Waals surface area (Å²) in [6.07, 6.45) is 6.30. The molecule has 2 aliphatic rings. The Kier molecular flexibility index (Phi) is 10.7. The van der Waals surface area contributed by atoms with Gasteiger partial charge in [0.25, 0.3) is 5.91 Å². The highest BCUT2D eigenvalue weighted by Gasteiger charge is 2.32. The van der Waals surface area contributed by atoms with Crippen LogP contribution in [0, 0.1) is 5.92 Å². The Morgan fingerprint density at radius 1 is 1.22 bits per heavy atom. The molecule has 2 unspecified atom stereocenters. The topological polar surface area (TPSA) is 85.8 Å². The maximum Gasteiger partial charge on any atom is 0.251 e. The van der Waals surface area contributed by atoms with Crippen LogP contribution in [0.5, 0.6) is 0 Å². The van der Waals surface area contributed by atoms with Crippen LogP contribution in [-0.2, 0) is 11.3 Å². The molecule has 1 aromatic rings. The number of halogens is 1. The summed E-state index contributed by atoms with van der Waals surface area (Å²) in [5.41, 5.74) is 1.68. The molecule has 178 valence electrons. The largest absolute Gasteiger partial charge is 0.352 e. The number of carbonyl (C=O) groups excluding carboxylic acids is 2. The van der Waals surface area contributed by atoms with Gasteiger partial charge in [-0.2, -0.15) is 0 Å². The van der Waals surface area contributed by atoms with E-state index < -0.39 is 0 Å². The lowest BCUT2D eigenvalue weighted by atomic mass is 10.1. The standard InChI is InChI=1S/C24H37N5O2.HI/c1-4-17(2)27-22(30)20-11-7-8-18(14-20)15-26-24(25-3)28-21-12-13-29(16-21)23(31)19-9-5-6-10-19;/h7-8,11,14,17,19,21H,4-6,9-10,12-13,15-16H2,1-3H3,(H,27,30)(H2,25,26,28);1H. The molecule has 8 heteroatoms. The van der Waals surface area contributed by atoms with E-state index in [0.717, 1.165) is 50.3 Å². The second kappa shape index (κ2) is 13.0. The van der Waals surface area contributed by atoms with Crippen molar-refractivity contribution < 1.29 is 9.59 Å². The van der Waals surface area contributed by atoms with Crippen molar-refractivity contribution in [3.05, 3.63) is 35.4 Å². The highest BCUT2D eigenvalue weighted by atomic mass is 127. The highest BCUT2D eigenvalue weighted by molar-refractivity contribution is 14.0. The molecular weight excluding hydrogens is 517 g/mol. The summed E-state index contributed by atoms with van der Waals surface area (Å²) >= 11 is 0. The zero-order valence-electron chi connectivity index (χ0n) is 19.5. The number of amides is 2. The van der Waals surface area contributed by atoms with E-state index in [1.54, 1.807) is 7.05 Å². The van der Waals surface area contributed by atoms with E-state index in [0.29, 0.717) is 18.0 Å². The number of guanidine groups is 1. The summed E-state index contributed by atoms with van der Waals surface area (Å²) in [5, 5.41) is 9.78. The number of likely N-dealkylation sites (tertiary alicyclic amines) is 1. The second-order valence-electron chi connectivity index (χ2n) is 8.80. The van der Waals surface area contributed by atoms with Crippen molar-refractivity contribution >= 4 is 41.8 Å². The summed E-state index contributed by atoms with van der Waals surface area (Å²) in [5.74, 6) is 1.24. The van der Waals surface area contributed by atoms with E-state index in [9.17, 15) is 9.59 Å². The number of rotatable bonds is 7. The first-order chi connectivity index (χ1) is 15.0. The smallest absolute Gasteiger partial charge is 0.251 e. The average molecular weight is 556 g/mol. The number of hydrogen-bond acceptors (Lipinski definition) is 3. The lowest BCUT2D eigenvalue weighted by Gasteiger charge is -2.21. The summed E-state index contributed by atoms with van der Waals surface area (Å²) in [6, 6.07) is 8.02. The molecule has 2 fully saturated rings. The first-order valence-corrected chi connectivity index (χ1v) is 11.7. The fourth-order valence-electron chi connectivity index (χ4n) is 4.31. The molecule has 1 aliphatic carbocycles. The third-order valence-electron chi connectivity index (χ3n) is 6.41. The first kappa shape index (κ1) is 26.4. The predicted molar refractivity (Wildman–Crippen MR) is 139 cm³/mol. The van der Waals surface area contributed by atoms with Gasteiger partial charge in [0, 0.05) is 50.2 Å². The molecule has 0 radical (unpaired) electrons. The van der Waals surface area contributed by atoms with E-state index >= 15 is 0 Å². The molecule has 0 bridgehead atoms. The van der Waals surface area contributed by atoms with Crippen LogP contribution in [0.4, 0.5) is 0 Å². The van der Waals surface area contributed by atoms with E-state index in [-0.39, 0.29) is 47.9 Å². The number of nitrogens with one attached hydrogen (secondary N) is 3. The van der Waals surface area contributed by atoms with Crippen molar-refractivity contribution in [3.63, 3.8) is 0 Å². The summed E-state index contributed by atoms with van der Waals surface area (Å²) in [4.78, 5) is 31.4. The maximum absolute atomic E-state index is 12.7. The normalized spacial score (nSPS) is 19.9. The van der Waals surface area contributed by atoms with Gasteiger partial charge in [-0.15, -0.1) is 24.0 Å². The van der Waals surface area contributed by atoms with Crippen LogP contribution in [0.1, 0.15) is 68.3 Å². The van der Waals surface area contributed by atoms with Gasteiger partial charge in [0.2, 0.25) is 5.91 Å². The van der Waals surface area contributed by atoms with Gasteiger partial charge in [0.15, 0.2) is 5.96 Å². The van der Waals surface area contributed by atoms with Crippen molar-refractivity contribution in [2.75, 3.05) is 20.1 Å². The number of carbonyl (C=O) groups is 2. The highest BCUT2D eigenvalue weighted by Crippen LogP contribution is 2.27. The molecule has 7 nitrogen and oxygen atoms in total. The van der Waals surface area contributed by atoms with Crippen LogP contribution >= 0.6 is 24.0 Å². The monoisotopic (exact) mass is 555 g/mol. The van der Waals surface area contributed by atoms with Crippen LogP contribution in [0.15, 0.2) is 29.3 Å². The lowest BCUT2D eigenvalue weighted by molar-refractivity contribution is -0.134. The zero-order chi connectivity index (χ0) is 22.2. The molecular formula is C24H38IN5O2. The van der Waals surface area contributed by atoms with Crippen LogP contribution < -0.4 is 16.0 Å². The van der Waals surface area contributed by atoms with Crippen LogP contribution in [0.2, 0.25) is 0 Å². The molecule has 3 rings (SSSR count). The minimum atomic E-state index is -0.0447. The van der Waals surface area contributed by atoms with Gasteiger partial charge in [-0.3, -0.25) is 14.6 Å². The Bertz CT molecular complexity index is 794. The lowest BCUT2D eigenvalue weighted by Crippen LogP contribution is -2.45. The zero-order valence-corrected chi connectivity index (χ0v) is 21.9. The minimum absolute atomic E-state index is 0. The Morgan fingerprint density at radius 2 is 1.97 bits per heavy atom. The molecule has 0 aromatic heterocycles. The van der Waals surface area contributed by atoms with Gasteiger partial charge in [0.1, 0.15) is 0 Å². The third kappa shape index (κ3) is 7.35. The predicted octanol–water partition coefficient (Wildman–Crippen LogP) is 3.29. The summed E-state index contributed by atoms with van der Waals surface area (Å²) < 4.78 is 0. The fourth-order valence-corrected chi connectivity index (χ4v) is 4.31. The average Bonchev–Trinajstić information content (AvgIpc) is 3.48. The molecule has 2 atom stereocenters. The Hall–Kier alpha value is -1.84. The van der Waals surface area contributed by atoms with E-state index in [4.69, 9.17) is 0 Å². The van der Waals surface area contributed by atoms with Crippen molar-refractivity contribution in [2.24, 2.45) is 10.9 Å². The summed E-state index contributed by atoms with van der Waals surface area (Å²) in [7, 11) is 1.75. The molecule has 3 N–H and O–H groups in total. The van der Waals surface area contributed by atoms with Gasteiger partial charge in [-0.1, -0.05) is 31.9 Å². The molecule has 1 saturated carbocycles. The Labute approximate surface area is 209 Å². The van der Waals surface area contributed by atoms with Gasteiger partial charge >= 0.3 is 0 Å². The SMILES string of the molecule is CCC(C)NC(=O)c1cccc(CNC(=NC)NC2CCN(C(=O)C3CCCC3)C2)c1.I. The molecule has 32 heavy (non-hydrogen) atoms. The maximum atomic E-state index is 12.7. The Morgan fingerprint density at radius 3 is 2.66 bits per heavy atom. The van der Waals surface area contributed by atoms with Gasteiger partial charge in [-0.25, -0.2) is 0 Å². The number of hydrogen-bond donors (Lipinski definition) is 3. The first-order valence-electron chi connectivity index (χ1n) is 11.7. The Balaban J connectivity index is 0.00000363. The molecule has 1 heterocycles. The molecule has 2 amide bonds. The van der Waals surface area contributed by atoms with E-state index in [1.165, 1.54) is 12.8 Å². The summed E-state index contributed by atoms with van der Waals surface area (Å²) in [6.45, 7) is 6.18. The van der Waals surface area contributed by atoms with Gasteiger partial charge < -0.3 is 20.9 Å². The quantitative estimate of drug-likeness (QED) is 0.274. The molecule has 1 saturated heterocycles. The van der Waals surface area contributed by atoms with Crippen LogP contribution in [-0.4, -0.2) is 54.9 Å². The number of benzene rings is 1. The van der Waals surface area contributed by atoms with Crippen LogP contribution in [0.25, 0.3) is 0 Å². The minimum Gasteiger partial charge on any atom is -0.352 e. The van der Waals surface area contributed by atoms with Crippen molar-refractivity contribution in [3.8, 4) is 0 Å². The number of nitrogens with zero attached hydrogens (tertiary/aromatic N) is 2. The van der Waals surface area contributed by atoms with Crippen molar-refractivity contribution in [1.82, 2.24) is 20.9 Å². The third-order valence-corrected chi connectivity index (χ3v) is 6.41. The molecule has 1 aromatic carbocycles. The van der Waals surface area contributed by atoms with Crippen molar-refractivity contribution in [2.45, 2.75) is 71.0 Å². The van der Waals surface area contributed by atoms with Crippen molar-refractivity contribution in [1.29, 1.82) is 0 Å². The van der Waals surface area contributed by atoms with Gasteiger partial charge in [0.05, 0.1) is 0 Å². The van der Waals surface area contributed by atoms with Crippen LogP contribution in [0.3, 0.4) is 0 Å².